The van der Waals surface area contributed by atoms with Crippen LogP contribution in [0.3, 0.4) is 0 Å². The van der Waals surface area contributed by atoms with E-state index in [4.69, 9.17) is 4.52 Å². The van der Waals surface area contributed by atoms with Crippen LogP contribution in [0.1, 0.15) is 31.6 Å². The lowest BCUT2D eigenvalue weighted by Crippen LogP contribution is -2.35. The number of thiophene rings is 1. The van der Waals surface area contributed by atoms with Crippen LogP contribution in [-0.4, -0.2) is 34.0 Å². The first-order chi connectivity index (χ1) is 9.83. The van der Waals surface area contributed by atoms with Crippen LogP contribution < -0.4 is 0 Å². The van der Waals surface area contributed by atoms with Gasteiger partial charge in [-0.3, -0.25) is 4.79 Å². The predicted octanol–water partition coefficient (Wildman–Crippen LogP) is 2.74. The first-order valence-electron chi connectivity index (χ1n) is 6.97. The molecule has 0 unspecified atom stereocenters. The molecule has 1 aliphatic rings. The van der Waals surface area contributed by atoms with Gasteiger partial charge in [-0.15, -0.1) is 11.3 Å². The van der Waals surface area contributed by atoms with Crippen LogP contribution in [0.25, 0.3) is 10.7 Å². The molecule has 1 aliphatic heterocycles. The Morgan fingerprint density at radius 1 is 1.35 bits per heavy atom. The minimum absolute atomic E-state index is 0.195. The smallest absolute Gasteiger partial charge is 0.227 e. The first kappa shape index (κ1) is 13.3. The average Bonchev–Trinajstić information content (AvgIpc) is 3.16. The number of hydrogen-bond donors (Lipinski definition) is 0. The summed E-state index contributed by atoms with van der Waals surface area (Å²) in [5.41, 5.74) is 0. The molecule has 1 saturated heterocycles. The molecule has 0 bridgehead atoms. The van der Waals surface area contributed by atoms with Crippen LogP contribution in [0.15, 0.2) is 22.0 Å². The minimum Gasteiger partial charge on any atom is -0.343 e. The van der Waals surface area contributed by atoms with Crippen LogP contribution in [-0.2, 0) is 11.2 Å². The fourth-order valence-electron chi connectivity index (χ4n) is 2.38. The molecule has 20 heavy (non-hydrogen) atoms. The van der Waals surface area contributed by atoms with Crippen LogP contribution in [0, 0.1) is 0 Å². The maximum absolute atomic E-state index is 12.0. The monoisotopic (exact) mass is 291 g/mol. The van der Waals surface area contributed by atoms with Crippen LogP contribution in [0.2, 0.25) is 0 Å². The highest BCUT2D eigenvalue weighted by Crippen LogP contribution is 2.21. The Morgan fingerprint density at radius 3 is 2.95 bits per heavy atom. The highest BCUT2D eigenvalue weighted by Gasteiger charge is 2.17. The molecular weight excluding hydrogens is 274 g/mol. The summed E-state index contributed by atoms with van der Waals surface area (Å²) in [6.45, 7) is 1.78. The third-order valence-electron chi connectivity index (χ3n) is 3.47. The largest absolute Gasteiger partial charge is 0.343 e. The third-order valence-corrected chi connectivity index (χ3v) is 4.34. The molecule has 1 amide bonds. The summed E-state index contributed by atoms with van der Waals surface area (Å²) in [7, 11) is 0. The van der Waals surface area contributed by atoms with E-state index in [0.29, 0.717) is 24.6 Å². The van der Waals surface area contributed by atoms with Crippen LogP contribution >= 0.6 is 11.3 Å². The van der Waals surface area contributed by atoms with Gasteiger partial charge in [0.15, 0.2) is 0 Å². The van der Waals surface area contributed by atoms with Crippen molar-refractivity contribution in [3.8, 4) is 10.7 Å². The molecule has 6 heteroatoms. The van der Waals surface area contributed by atoms with Gasteiger partial charge in [0.25, 0.3) is 0 Å². The van der Waals surface area contributed by atoms with Crippen LogP contribution in [0.4, 0.5) is 0 Å². The molecule has 0 aromatic carbocycles. The standard InChI is InChI=1S/C14H17N3O2S/c18-13(17-8-2-1-3-9-17)7-6-12-15-14(16-19-12)11-5-4-10-20-11/h4-5,10H,1-3,6-9H2. The van der Waals surface area contributed by atoms with Gasteiger partial charge in [0, 0.05) is 25.9 Å². The zero-order chi connectivity index (χ0) is 13.8. The summed E-state index contributed by atoms with van der Waals surface area (Å²) in [4.78, 5) is 19.3. The number of amides is 1. The van der Waals surface area contributed by atoms with Crippen molar-refractivity contribution in [1.82, 2.24) is 15.0 Å². The number of aromatic nitrogens is 2. The van der Waals surface area contributed by atoms with Crippen molar-refractivity contribution in [3.63, 3.8) is 0 Å². The quantitative estimate of drug-likeness (QED) is 0.869. The Labute approximate surface area is 121 Å². The normalized spacial score (nSPS) is 15.5. The number of nitrogens with zero attached hydrogens (tertiary/aromatic N) is 3. The molecule has 0 atom stereocenters. The molecule has 0 aliphatic carbocycles. The molecular formula is C14H17N3O2S. The highest BCUT2D eigenvalue weighted by atomic mass is 32.1. The summed E-state index contributed by atoms with van der Waals surface area (Å²) >= 11 is 1.58. The van der Waals surface area contributed by atoms with E-state index in [0.717, 1.165) is 30.8 Å². The van der Waals surface area contributed by atoms with E-state index in [1.165, 1.54) is 6.42 Å². The fraction of sp³-hybridized carbons (Fsp3) is 0.500. The summed E-state index contributed by atoms with van der Waals surface area (Å²) in [5.74, 6) is 1.35. The molecule has 0 N–H and O–H groups in total. The molecule has 0 spiro atoms. The number of carbonyl (C=O) groups is 1. The first-order valence-corrected chi connectivity index (χ1v) is 7.85. The van der Waals surface area contributed by atoms with E-state index in [9.17, 15) is 4.79 Å². The number of aryl methyl sites for hydroxylation is 1. The Balaban J connectivity index is 1.54. The van der Waals surface area contributed by atoms with Gasteiger partial charge in [0.05, 0.1) is 4.88 Å². The minimum atomic E-state index is 0.195. The number of hydrogen-bond acceptors (Lipinski definition) is 5. The van der Waals surface area contributed by atoms with Crippen molar-refractivity contribution in [2.45, 2.75) is 32.1 Å². The predicted molar refractivity (Wildman–Crippen MR) is 76.4 cm³/mol. The molecule has 3 rings (SSSR count). The van der Waals surface area contributed by atoms with Crippen molar-refractivity contribution in [2.75, 3.05) is 13.1 Å². The summed E-state index contributed by atoms with van der Waals surface area (Å²) in [5, 5.41) is 5.93. The van der Waals surface area contributed by atoms with Gasteiger partial charge in [0.2, 0.25) is 17.6 Å². The Kier molecular flexibility index (Phi) is 4.11. The van der Waals surface area contributed by atoms with Crippen LogP contribution in [0.5, 0.6) is 0 Å². The van der Waals surface area contributed by atoms with Crippen molar-refractivity contribution >= 4 is 17.2 Å². The average molecular weight is 291 g/mol. The lowest BCUT2D eigenvalue weighted by Gasteiger charge is -2.26. The molecule has 0 radical (unpaired) electrons. The van der Waals surface area contributed by atoms with E-state index < -0.39 is 0 Å². The Morgan fingerprint density at radius 2 is 2.20 bits per heavy atom. The topological polar surface area (TPSA) is 59.2 Å². The van der Waals surface area contributed by atoms with Gasteiger partial charge >= 0.3 is 0 Å². The van der Waals surface area contributed by atoms with E-state index in [1.807, 2.05) is 22.4 Å². The van der Waals surface area contributed by atoms with E-state index >= 15 is 0 Å². The van der Waals surface area contributed by atoms with Gasteiger partial charge in [-0.25, -0.2) is 0 Å². The summed E-state index contributed by atoms with van der Waals surface area (Å²) in [6.07, 6.45) is 4.45. The van der Waals surface area contributed by atoms with Crippen molar-refractivity contribution < 1.29 is 9.32 Å². The van der Waals surface area contributed by atoms with Crippen molar-refractivity contribution in [3.05, 3.63) is 23.4 Å². The number of rotatable bonds is 4. The number of piperidine rings is 1. The zero-order valence-corrected chi connectivity index (χ0v) is 12.1. The van der Waals surface area contributed by atoms with E-state index in [2.05, 4.69) is 10.1 Å². The second-order valence-corrected chi connectivity index (χ2v) is 5.88. The molecule has 0 saturated carbocycles. The lowest BCUT2D eigenvalue weighted by molar-refractivity contribution is -0.132. The van der Waals surface area contributed by atoms with E-state index in [1.54, 1.807) is 11.3 Å². The maximum atomic E-state index is 12.0. The molecule has 106 valence electrons. The molecule has 5 nitrogen and oxygen atoms in total. The molecule has 2 aromatic rings. The van der Waals surface area contributed by atoms with Gasteiger partial charge in [-0.05, 0) is 30.7 Å². The van der Waals surface area contributed by atoms with Crippen molar-refractivity contribution in [1.29, 1.82) is 0 Å². The number of carbonyl (C=O) groups excluding carboxylic acids is 1. The second-order valence-electron chi connectivity index (χ2n) is 4.93. The molecule has 1 fully saturated rings. The van der Waals surface area contributed by atoms with Gasteiger partial charge in [-0.1, -0.05) is 11.2 Å². The van der Waals surface area contributed by atoms with Gasteiger partial charge in [-0.2, -0.15) is 4.98 Å². The SMILES string of the molecule is O=C(CCc1nc(-c2cccs2)no1)N1CCCCC1. The second kappa shape index (κ2) is 6.17. The summed E-state index contributed by atoms with van der Waals surface area (Å²) in [6, 6.07) is 3.91. The fourth-order valence-corrected chi connectivity index (χ4v) is 3.03. The molecule has 3 heterocycles. The Hall–Kier alpha value is -1.69. The van der Waals surface area contributed by atoms with Gasteiger partial charge < -0.3 is 9.42 Å². The van der Waals surface area contributed by atoms with Crippen molar-refractivity contribution in [2.24, 2.45) is 0 Å². The zero-order valence-electron chi connectivity index (χ0n) is 11.2. The van der Waals surface area contributed by atoms with E-state index in [-0.39, 0.29) is 5.91 Å². The van der Waals surface area contributed by atoms with Gasteiger partial charge in [0.1, 0.15) is 0 Å². The Bertz CT molecular complexity index is 559. The highest BCUT2D eigenvalue weighted by molar-refractivity contribution is 7.13. The molecule has 2 aromatic heterocycles. The third kappa shape index (κ3) is 3.07. The number of likely N-dealkylation sites (tertiary alicyclic amines) is 1. The summed E-state index contributed by atoms with van der Waals surface area (Å²) < 4.78 is 5.20. The maximum Gasteiger partial charge on any atom is 0.227 e. The lowest BCUT2D eigenvalue weighted by atomic mass is 10.1.